The molecule has 37 heavy (non-hydrogen) atoms. The molecule has 1 amide bonds. The highest BCUT2D eigenvalue weighted by atomic mass is 19.2. The van der Waals surface area contributed by atoms with Gasteiger partial charge in [-0.15, -0.1) is 0 Å². The number of aromatic nitrogens is 4. The van der Waals surface area contributed by atoms with Gasteiger partial charge in [-0.05, 0) is 54.4 Å². The SMILES string of the molecule is Cc1c(C(=O)NCC=Cc2ccc3c(-c4ccco4)n[nH]c3c2)c(=O)n(Cc2ccc(F)c(F)c2)n1C. The Bertz CT molecular complexity index is 1690. The van der Waals surface area contributed by atoms with Crippen molar-refractivity contribution in [3.63, 3.8) is 0 Å². The molecule has 0 spiro atoms. The third-order valence-electron chi connectivity index (χ3n) is 6.23. The topological polar surface area (TPSA) is 97.9 Å². The van der Waals surface area contributed by atoms with Crippen molar-refractivity contribution in [1.82, 2.24) is 24.9 Å². The van der Waals surface area contributed by atoms with E-state index in [0.717, 1.165) is 34.3 Å². The zero-order valence-corrected chi connectivity index (χ0v) is 20.1. The molecule has 0 aliphatic rings. The van der Waals surface area contributed by atoms with E-state index >= 15 is 0 Å². The number of H-pyrrole nitrogens is 1. The first kappa shape index (κ1) is 24.0. The Balaban J connectivity index is 1.26. The molecule has 3 aromatic heterocycles. The van der Waals surface area contributed by atoms with E-state index in [-0.39, 0.29) is 18.7 Å². The Kier molecular flexibility index (Phi) is 6.31. The number of furan rings is 1. The Morgan fingerprint density at radius 2 is 2.00 bits per heavy atom. The molecule has 8 nitrogen and oxygen atoms in total. The molecular weight excluding hydrogens is 480 g/mol. The predicted molar refractivity (Wildman–Crippen MR) is 135 cm³/mol. The van der Waals surface area contributed by atoms with Crippen molar-refractivity contribution >= 4 is 22.9 Å². The van der Waals surface area contributed by atoms with Gasteiger partial charge in [0.1, 0.15) is 11.3 Å². The number of carbonyl (C=O) groups is 1. The molecule has 5 rings (SSSR count). The van der Waals surface area contributed by atoms with Crippen LogP contribution in [-0.2, 0) is 13.6 Å². The smallest absolute Gasteiger partial charge is 0.280 e. The normalized spacial score (nSPS) is 11.6. The molecule has 0 aliphatic heterocycles. The maximum Gasteiger partial charge on any atom is 0.280 e. The van der Waals surface area contributed by atoms with Gasteiger partial charge in [-0.3, -0.25) is 19.4 Å². The third-order valence-corrected chi connectivity index (χ3v) is 6.23. The fraction of sp³-hybridized carbons (Fsp3) is 0.148. The van der Waals surface area contributed by atoms with Crippen molar-refractivity contribution in [1.29, 1.82) is 0 Å². The van der Waals surface area contributed by atoms with E-state index in [1.807, 2.05) is 30.3 Å². The lowest BCUT2D eigenvalue weighted by Crippen LogP contribution is -2.31. The lowest BCUT2D eigenvalue weighted by molar-refractivity contribution is 0.0956. The fourth-order valence-corrected chi connectivity index (χ4v) is 4.19. The van der Waals surface area contributed by atoms with Crippen LogP contribution in [-0.4, -0.2) is 32.0 Å². The van der Waals surface area contributed by atoms with Gasteiger partial charge < -0.3 is 9.73 Å². The fourth-order valence-electron chi connectivity index (χ4n) is 4.19. The van der Waals surface area contributed by atoms with Crippen LogP contribution in [0.1, 0.15) is 27.2 Å². The second-order valence-corrected chi connectivity index (χ2v) is 8.56. The van der Waals surface area contributed by atoms with Crippen molar-refractivity contribution in [2.24, 2.45) is 7.05 Å². The quantitative estimate of drug-likeness (QED) is 0.344. The van der Waals surface area contributed by atoms with Gasteiger partial charge in [0.15, 0.2) is 17.4 Å². The van der Waals surface area contributed by atoms with Crippen LogP contribution in [0.4, 0.5) is 8.78 Å². The van der Waals surface area contributed by atoms with Gasteiger partial charge in [-0.1, -0.05) is 24.3 Å². The van der Waals surface area contributed by atoms with Crippen LogP contribution in [0.2, 0.25) is 0 Å². The van der Waals surface area contributed by atoms with Crippen LogP contribution in [0.25, 0.3) is 28.4 Å². The summed E-state index contributed by atoms with van der Waals surface area (Å²) in [7, 11) is 1.64. The van der Waals surface area contributed by atoms with E-state index < -0.39 is 23.1 Å². The van der Waals surface area contributed by atoms with Gasteiger partial charge in [-0.2, -0.15) is 5.10 Å². The number of hydrogen-bond acceptors (Lipinski definition) is 4. The first-order valence-corrected chi connectivity index (χ1v) is 11.5. The van der Waals surface area contributed by atoms with Gasteiger partial charge in [0.25, 0.3) is 11.5 Å². The second kappa shape index (κ2) is 9.73. The average molecular weight is 504 g/mol. The van der Waals surface area contributed by atoms with Gasteiger partial charge in [-0.25, -0.2) is 13.5 Å². The number of halogens is 2. The van der Waals surface area contributed by atoms with E-state index in [2.05, 4.69) is 15.5 Å². The molecule has 10 heteroatoms. The molecule has 0 fully saturated rings. The van der Waals surface area contributed by atoms with Crippen LogP contribution in [0.15, 0.2) is 70.1 Å². The van der Waals surface area contributed by atoms with Gasteiger partial charge >= 0.3 is 0 Å². The molecule has 0 saturated heterocycles. The molecule has 5 aromatic rings. The number of fused-ring (bicyclic) bond motifs is 1. The number of carbonyl (C=O) groups excluding carboxylic acids is 1. The molecule has 0 radical (unpaired) electrons. The molecule has 2 aromatic carbocycles. The molecule has 0 aliphatic carbocycles. The summed E-state index contributed by atoms with van der Waals surface area (Å²) in [6.07, 6.45) is 5.23. The van der Waals surface area contributed by atoms with Crippen LogP contribution in [0.5, 0.6) is 0 Å². The first-order valence-electron chi connectivity index (χ1n) is 11.5. The number of nitrogens with zero attached hydrogens (tertiary/aromatic N) is 3. The van der Waals surface area contributed by atoms with Crippen molar-refractivity contribution < 1.29 is 18.0 Å². The van der Waals surface area contributed by atoms with Crippen LogP contribution >= 0.6 is 0 Å². The minimum absolute atomic E-state index is 0.00172. The van der Waals surface area contributed by atoms with E-state index in [1.165, 1.54) is 15.4 Å². The molecule has 0 saturated carbocycles. The summed E-state index contributed by atoms with van der Waals surface area (Å²) in [5.41, 5.74) is 2.84. The van der Waals surface area contributed by atoms with Gasteiger partial charge in [0.2, 0.25) is 0 Å². The highest BCUT2D eigenvalue weighted by molar-refractivity contribution is 5.95. The third kappa shape index (κ3) is 4.61. The molecule has 0 bridgehead atoms. The summed E-state index contributed by atoms with van der Waals surface area (Å²) in [5, 5.41) is 11.0. The molecular formula is C27H23F2N5O3. The van der Waals surface area contributed by atoms with E-state index in [9.17, 15) is 18.4 Å². The number of amides is 1. The van der Waals surface area contributed by atoms with Crippen molar-refractivity contribution in [3.8, 4) is 11.5 Å². The van der Waals surface area contributed by atoms with Crippen molar-refractivity contribution in [2.75, 3.05) is 6.54 Å². The van der Waals surface area contributed by atoms with Crippen molar-refractivity contribution in [2.45, 2.75) is 13.5 Å². The summed E-state index contributed by atoms with van der Waals surface area (Å²) in [4.78, 5) is 25.8. The Morgan fingerprint density at radius 3 is 2.76 bits per heavy atom. The number of nitrogens with one attached hydrogen (secondary N) is 2. The standard InChI is InChI=1S/C27H23F2N5O3/c1-16-24(27(36)34(33(16)2)15-18-8-10-20(28)21(29)13-18)26(35)30-11-3-5-17-7-9-19-22(14-17)31-32-25(19)23-6-4-12-37-23/h3-10,12-14H,11,15H2,1-2H3,(H,30,35)(H,31,32). The summed E-state index contributed by atoms with van der Waals surface area (Å²) < 4.78 is 35.1. The maximum absolute atomic E-state index is 13.6. The van der Waals surface area contributed by atoms with Gasteiger partial charge in [0.05, 0.1) is 18.3 Å². The highest BCUT2D eigenvalue weighted by Crippen LogP contribution is 2.27. The molecule has 0 atom stereocenters. The monoisotopic (exact) mass is 503 g/mol. The van der Waals surface area contributed by atoms with E-state index in [4.69, 9.17) is 4.42 Å². The van der Waals surface area contributed by atoms with E-state index in [1.54, 1.807) is 32.4 Å². The number of benzene rings is 2. The lowest BCUT2D eigenvalue weighted by Gasteiger charge is -2.08. The Morgan fingerprint density at radius 1 is 1.16 bits per heavy atom. The summed E-state index contributed by atoms with van der Waals surface area (Å²) >= 11 is 0. The zero-order chi connectivity index (χ0) is 26.1. The predicted octanol–water partition coefficient (Wildman–Crippen LogP) is 4.40. The second-order valence-electron chi connectivity index (χ2n) is 8.56. The molecule has 188 valence electrons. The molecule has 2 N–H and O–H groups in total. The number of rotatable bonds is 7. The largest absolute Gasteiger partial charge is 0.463 e. The van der Waals surface area contributed by atoms with Crippen LogP contribution in [0.3, 0.4) is 0 Å². The molecule has 0 unspecified atom stereocenters. The summed E-state index contributed by atoms with van der Waals surface area (Å²) in [6.45, 7) is 1.86. The van der Waals surface area contributed by atoms with E-state index in [0.29, 0.717) is 17.0 Å². The summed E-state index contributed by atoms with van der Waals surface area (Å²) in [6, 6.07) is 12.9. The number of aromatic amines is 1. The maximum atomic E-state index is 13.6. The van der Waals surface area contributed by atoms with Crippen LogP contribution in [0, 0.1) is 18.6 Å². The summed E-state index contributed by atoms with van der Waals surface area (Å²) in [5.74, 6) is -1.79. The van der Waals surface area contributed by atoms with Crippen molar-refractivity contribution in [3.05, 3.63) is 105 Å². The van der Waals surface area contributed by atoms with Gasteiger partial charge in [0, 0.05) is 24.7 Å². The first-order chi connectivity index (χ1) is 17.8. The van der Waals surface area contributed by atoms with Crippen LogP contribution < -0.4 is 10.9 Å². The number of hydrogen-bond donors (Lipinski definition) is 2. The average Bonchev–Trinajstić information content (AvgIpc) is 3.60. The minimum atomic E-state index is -0.995. The lowest BCUT2D eigenvalue weighted by atomic mass is 10.1. The Hall–Kier alpha value is -4.73. The Labute approximate surface area is 209 Å². The minimum Gasteiger partial charge on any atom is -0.463 e. The zero-order valence-electron chi connectivity index (χ0n) is 20.1. The highest BCUT2D eigenvalue weighted by Gasteiger charge is 2.21. The molecule has 3 heterocycles.